The topological polar surface area (TPSA) is 38.3 Å². The van der Waals surface area contributed by atoms with Gasteiger partial charge >= 0.3 is 0 Å². The van der Waals surface area contributed by atoms with Crippen LogP contribution in [0.2, 0.25) is 0 Å². The summed E-state index contributed by atoms with van der Waals surface area (Å²) in [6, 6.07) is 9.78. The Bertz CT molecular complexity index is 357. The Morgan fingerprint density at radius 2 is 2.06 bits per heavy atom. The van der Waals surface area contributed by atoms with Crippen LogP contribution in [0.4, 0.5) is 0 Å². The zero-order valence-electron chi connectivity index (χ0n) is 9.53. The van der Waals surface area contributed by atoms with E-state index in [1.807, 2.05) is 30.3 Å². The predicted octanol–water partition coefficient (Wildman–Crippen LogP) is 1.38. The van der Waals surface area contributed by atoms with Crippen LogP contribution in [0.25, 0.3) is 0 Å². The summed E-state index contributed by atoms with van der Waals surface area (Å²) >= 11 is 0. The molecule has 1 heterocycles. The molecule has 0 aromatic heterocycles. The van der Waals surface area contributed by atoms with Crippen LogP contribution in [0.15, 0.2) is 30.3 Å². The Hall–Kier alpha value is -1.35. The summed E-state index contributed by atoms with van der Waals surface area (Å²) in [5, 5.41) is 2.95. The highest BCUT2D eigenvalue weighted by Crippen LogP contribution is 2.24. The van der Waals surface area contributed by atoms with Crippen molar-refractivity contribution in [2.45, 2.75) is 13.3 Å². The quantitative estimate of drug-likeness (QED) is 0.831. The smallest absolute Gasteiger partial charge is 0.224 e. The molecule has 0 spiro atoms. The molecule has 0 unspecified atom stereocenters. The zero-order chi connectivity index (χ0) is 11.4. The molecule has 86 valence electrons. The van der Waals surface area contributed by atoms with E-state index in [9.17, 15) is 4.79 Å². The molecule has 1 aromatic carbocycles. The first kappa shape index (κ1) is 11.1. The molecule has 0 atom stereocenters. The summed E-state index contributed by atoms with van der Waals surface area (Å²) in [7, 11) is 0. The Morgan fingerprint density at radius 3 is 2.62 bits per heavy atom. The maximum atomic E-state index is 11.6. The van der Waals surface area contributed by atoms with Crippen molar-refractivity contribution < 1.29 is 9.53 Å². The minimum atomic E-state index is 0.0827. The molecule has 0 bridgehead atoms. The average molecular weight is 219 g/mol. The molecular formula is C13H17NO2. The lowest BCUT2D eigenvalue weighted by Gasteiger charge is -2.38. The van der Waals surface area contributed by atoms with Crippen LogP contribution in [0.1, 0.15) is 12.5 Å². The summed E-state index contributed by atoms with van der Waals surface area (Å²) in [5.74, 6) is 0.0827. The first-order valence-electron chi connectivity index (χ1n) is 5.56. The minimum Gasteiger partial charge on any atom is -0.380 e. The van der Waals surface area contributed by atoms with Gasteiger partial charge in [-0.15, -0.1) is 0 Å². The summed E-state index contributed by atoms with van der Waals surface area (Å²) in [6.07, 6.45) is 0.456. The SMILES string of the molecule is CC1(CNC(=O)Cc2ccccc2)COC1. The third-order valence-electron chi connectivity index (χ3n) is 2.82. The van der Waals surface area contributed by atoms with Gasteiger partial charge in [-0.3, -0.25) is 4.79 Å². The van der Waals surface area contributed by atoms with Crippen LogP contribution in [0.3, 0.4) is 0 Å². The van der Waals surface area contributed by atoms with E-state index in [0.717, 1.165) is 18.8 Å². The van der Waals surface area contributed by atoms with Crippen molar-refractivity contribution in [3.63, 3.8) is 0 Å². The van der Waals surface area contributed by atoms with E-state index in [-0.39, 0.29) is 11.3 Å². The first-order valence-corrected chi connectivity index (χ1v) is 5.56. The molecule has 1 saturated heterocycles. The van der Waals surface area contributed by atoms with Gasteiger partial charge in [0.1, 0.15) is 0 Å². The lowest BCUT2D eigenvalue weighted by Crippen LogP contribution is -2.48. The molecule has 1 fully saturated rings. The second kappa shape index (κ2) is 4.66. The third-order valence-corrected chi connectivity index (χ3v) is 2.82. The summed E-state index contributed by atoms with van der Waals surface area (Å²) in [5.41, 5.74) is 1.20. The zero-order valence-corrected chi connectivity index (χ0v) is 9.53. The average Bonchev–Trinajstić information content (AvgIpc) is 2.25. The highest BCUT2D eigenvalue weighted by atomic mass is 16.5. The van der Waals surface area contributed by atoms with Gasteiger partial charge in [-0.2, -0.15) is 0 Å². The lowest BCUT2D eigenvalue weighted by molar-refractivity contribution is -0.126. The first-order chi connectivity index (χ1) is 7.68. The van der Waals surface area contributed by atoms with E-state index in [4.69, 9.17) is 4.74 Å². The molecule has 0 saturated carbocycles. The van der Waals surface area contributed by atoms with E-state index in [2.05, 4.69) is 12.2 Å². The van der Waals surface area contributed by atoms with Gasteiger partial charge in [0, 0.05) is 12.0 Å². The minimum absolute atomic E-state index is 0.0827. The van der Waals surface area contributed by atoms with Crippen molar-refractivity contribution >= 4 is 5.91 Å². The van der Waals surface area contributed by atoms with Crippen molar-refractivity contribution in [1.82, 2.24) is 5.32 Å². The fourth-order valence-electron chi connectivity index (χ4n) is 1.71. The predicted molar refractivity (Wildman–Crippen MR) is 62.1 cm³/mol. The second-order valence-electron chi connectivity index (χ2n) is 4.74. The van der Waals surface area contributed by atoms with Gasteiger partial charge in [-0.05, 0) is 5.56 Å². The fourth-order valence-corrected chi connectivity index (χ4v) is 1.71. The molecule has 0 radical (unpaired) electrons. The number of benzene rings is 1. The van der Waals surface area contributed by atoms with Crippen LogP contribution in [-0.2, 0) is 16.0 Å². The van der Waals surface area contributed by atoms with E-state index in [1.54, 1.807) is 0 Å². The number of carbonyl (C=O) groups excluding carboxylic acids is 1. The van der Waals surface area contributed by atoms with Crippen molar-refractivity contribution in [2.24, 2.45) is 5.41 Å². The van der Waals surface area contributed by atoms with Crippen molar-refractivity contribution in [3.8, 4) is 0 Å². The van der Waals surface area contributed by atoms with Crippen molar-refractivity contribution in [1.29, 1.82) is 0 Å². The largest absolute Gasteiger partial charge is 0.380 e. The number of ether oxygens (including phenoxy) is 1. The van der Waals surface area contributed by atoms with Gasteiger partial charge in [-0.1, -0.05) is 37.3 Å². The number of carbonyl (C=O) groups is 1. The molecule has 1 aromatic rings. The molecule has 2 rings (SSSR count). The molecule has 1 aliphatic rings. The fraction of sp³-hybridized carbons (Fsp3) is 0.462. The standard InChI is InChI=1S/C13H17NO2/c1-13(9-16-10-13)8-14-12(15)7-11-5-3-2-4-6-11/h2-6H,7-10H2,1H3,(H,14,15). The van der Waals surface area contributed by atoms with E-state index in [0.29, 0.717) is 13.0 Å². The van der Waals surface area contributed by atoms with Crippen LogP contribution in [-0.4, -0.2) is 25.7 Å². The van der Waals surface area contributed by atoms with Crippen molar-refractivity contribution in [2.75, 3.05) is 19.8 Å². The Morgan fingerprint density at radius 1 is 1.38 bits per heavy atom. The summed E-state index contributed by atoms with van der Waals surface area (Å²) in [6.45, 7) is 4.33. The Labute approximate surface area is 95.8 Å². The Balaban J connectivity index is 1.76. The normalized spacial score (nSPS) is 17.6. The van der Waals surface area contributed by atoms with E-state index in [1.165, 1.54) is 0 Å². The Kier molecular flexibility index (Phi) is 3.25. The van der Waals surface area contributed by atoms with Crippen LogP contribution in [0, 0.1) is 5.41 Å². The lowest BCUT2D eigenvalue weighted by atomic mass is 9.89. The molecule has 16 heavy (non-hydrogen) atoms. The second-order valence-corrected chi connectivity index (χ2v) is 4.74. The van der Waals surface area contributed by atoms with E-state index >= 15 is 0 Å². The maximum Gasteiger partial charge on any atom is 0.224 e. The van der Waals surface area contributed by atoms with Gasteiger partial charge in [0.05, 0.1) is 19.6 Å². The number of amides is 1. The molecule has 3 heteroatoms. The highest BCUT2D eigenvalue weighted by Gasteiger charge is 2.33. The molecule has 1 amide bonds. The van der Waals surface area contributed by atoms with Gasteiger partial charge in [0.15, 0.2) is 0 Å². The van der Waals surface area contributed by atoms with Crippen molar-refractivity contribution in [3.05, 3.63) is 35.9 Å². The summed E-state index contributed by atoms with van der Waals surface area (Å²) in [4.78, 5) is 11.6. The summed E-state index contributed by atoms with van der Waals surface area (Å²) < 4.78 is 5.14. The van der Waals surface area contributed by atoms with Gasteiger partial charge in [0.2, 0.25) is 5.91 Å². The van der Waals surface area contributed by atoms with Gasteiger partial charge < -0.3 is 10.1 Å². The van der Waals surface area contributed by atoms with Gasteiger partial charge in [-0.25, -0.2) is 0 Å². The molecule has 3 nitrogen and oxygen atoms in total. The van der Waals surface area contributed by atoms with Crippen LogP contribution >= 0.6 is 0 Å². The molecule has 1 aliphatic heterocycles. The third kappa shape index (κ3) is 2.83. The molecule has 0 aliphatic carbocycles. The molecule has 1 N–H and O–H groups in total. The monoisotopic (exact) mass is 219 g/mol. The molecular weight excluding hydrogens is 202 g/mol. The number of rotatable bonds is 4. The number of nitrogens with one attached hydrogen (secondary N) is 1. The number of hydrogen-bond donors (Lipinski definition) is 1. The van der Waals surface area contributed by atoms with Crippen LogP contribution < -0.4 is 5.32 Å². The van der Waals surface area contributed by atoms with Gasteiger partial charge in [0.25, 0.3) is 0 Å². The highest BCUT2D eigenvalue weighted by molar-refractivity contribution is 5.78. The number of hydrogen-bond acceptors (Lipinski definition) is 2. The maximum absolute atomic E-state index is 11.6. The van der Waals surface area contributed by atoms with E-state index < -0.39 is 0 Å². The van der Waals surface area contributed by atoms with Crippen LogP contribution in [0.5, 0.6) is 0 Å².